The van der Waals surface area contributed by atoms with Crippen molar-refractivity contribution in [2.75, 3.05) is 6.54 Å². The molecule has 0 aromatic carbocycles. The molecule has 1 aliphatic carbocycles. The summed E-state index contributed by atoms with van der Waals surface area (Å²) in [5.41, 5.74) is 5.53. The summed E-state index contributed by atoms with van der Waals surface area (Å²) in [5, 5.41) is 3.27. The molecule has 1 saturated carbocycles. The molecular weight excluding hydrogens is 204 g/mol. The molecule has 0 aromatic rings. The SMILES string of the molecule is CC(C)(C)OC(=O)C1NCC2CC(N)CC21. The number of carbonyl (C=O) groups is 1. The fraction of sp³-hybridized carbons (Fsp3) is 0.917. The fourth-order valence-corrected chi connectivity index (χ4v) is 2.90. The van der Waals surface area contributed by atoms with Gasteiger partial charge < -0.3 is 15.8 Å². The summed E-state index contributed by atoms with van der Waals surface area (Å²) < 4.78 is 5.42. The zero-order valence-electron chi connectivity index (χ0n) is 10.3. The summed E-state index contributed by atoms with van der Waals surface area (Å²) in [5.74, 6) is 0.825. The number of hydrogen-bond donors (Lipinski definition) is 2. The van der Waals surface area contributed by atoms with Crippen molar-refractivity contribution in [1.82, 2.24) is 5.32 Å². The standard InChI is InChI=1S/C12H22N2O2/c1-12(2,3)16-11(15)10-9-5-8(13)4-7(9)6-14-10/h7-10,14H,4-6,13H2,1-3H3. The van der Waals surface area contributed by atoms with E-state index in [0.717, 1.165) is 19.4 Å². The maximum absolute atomic E-state index is 12.0. The molecule has 4 unspecified atom stereocenters. The first-order valence-electron chi connectivity index (χ1n) is 6.08. The number of rotatable bonds is 1. The van der Waals surface area contributed by atoms with Gasteiger partial charge in [0.05, 0.1) is 0 Å². The molecule has 92 valence electrons. The molecule has 0 amide bonds. The van der Waals surface area contributed by atoms with Gasteiger partial charge in [0, 0.05) is 6.04 Å². The Morgan fingerprint density at radius 3 is 2.69 bits per heavy atom. The van der Waals surface area contributed by atoms with Gasteiger partial charge in [-0.1, -0.05) is 0 Å². The number of carbonyl (C=O) groups excluding carboxylic acids is 1. The van der Waals surface area contributed by atoms with E-state index in [4.69, 9.17) is 10.5 Å². The predicted molar refractivity (Wildman–Crippen MR) is 61.8 cm³/mol. The van der Waals surface area contributed by atoms with Gasteiger partial charge in [-0.05, 0) is 52.0 Å². The van der Waals surface area contributed by atoms with Crippen molar-refractivity contribution in [1.29, 1.82) is 0 Å². The van der Waals surface area contributed by atoms with E-state index in [1.165, 1.54) is 0 Å². The molecule has 0 bridgehead atoms. The Labute approximate surface area is 96.9 Å². The zero-order valence-corrected chi connectivity index (χ0v) is 10.3. The zero-order chi connectivity index (χ0) is 11.9. The van der Waals surface area contributed by atoms with Gasteiger partial charge >= 0.3 is 5.97 Å². The predicted octanol–water partition coefficient (Wildman–Crippen LogP) is 0.653. The highest BCUT2D eigenvalue weighted by atomic mass is 16.6. The van der Waals surface area contributed by atoms with Crippen LogP contribution >= 0.6 is 0 Å². The van der Waals surface area contributed by atoms with Crippen molar-refractivity contribution in [3.8, 4) is 0 Å². The van der Waals surface area contributed by atoms with E-state index >= 15 is 0 Å². The number of fused-ring (bicyclic) bond motifs is 1. The van der Waals surface area contributed by atoms with Crippen molar-refractivity contribution in [3.05, 3.63) is 0 Å². The molecule has 16 heavy (non-hydrogen) atoms. The Balaban J connectivity index is 1.98. The van der Waals surface area contributed by atoms with E-state index in [2.05, 4.69) is 5.32 Å². The van der Waals surface area contributed by atoms with Crippen LogP contribution in [0.25, 0.3) is 0 Å². The van der Waals surface area contributed by atoms with Gasteiger partial charge in [0.15, 0.2) is 0 Å². The van der Waals surface area contributed by atoms with E-state index in [1.54, 1.807) is 0 Å². The Morgan fingerprint density at radius 2 is 2.06 bits per heavy atom. The molecule has 0 spiro atoms. The first-order chi connectivity index (χ1) is 7.37. The molecule has 4 atom stereocenters. The van der Waals surface area contributed by atoms with Crippen LogP contribution in [0.1, 0.15) is 33.6 Å². The summed E-state index contributed by atoms with van der Waals surface area (Å²) >= 11 is 0. The highest BCUT2D eigenvalue weighted by Gasteiger charge is 2.46. The van der Waals surface area contributed by atoms with E-state index < -0.39 is 5.60 Å². The quantitative estimate of drug-likeness (QED) is 0.644. The van der Waals surface area contributed by atoms with Crippen LogP contribution < -0.4 is 11.1 Å². The van der Waals surface area contributed by atoms with Gasteiger partial charge in [-0.15, -0.1) is 0 Å². The lowest BCUT2D eigenvalue weighted by Crippen LogP contribution is -2.41. The van der Waals surface area contributed by atoms with E-state index in [9.17, 15) is 4.79 Å². The Kier molecular flexibility index (Phi) is 2.97. The number of nitrogens with one attached hydrogen (secondary N) is 1. The van der Waals surface area contributed by atoms with Crippen LogP contribution in [0.3, 0.4) is 0 Å². The van der Waals surface area contributed by atoms with Crippen molar-refractivity contribution < 1.29 is 9.53 Å². The molecular formula is C12H22N2O2. The van der Waals surface area contributed by atoms with Gasteiger partial charge in [-0.25, -0.2) is 0 Å². The second-order valence-electron chi connectivity index (χ2n) is 6.07. The summed E-state index contributed by atoms with van der Waals surface area (Å²) in [7, 11) is 0. The third-order valence-corrected chi connectivity index (χ3v) is 3.47. The second-order valence-corrected chi connectivity index (χ2v) is 6.07. The maximum Gasteiger partial charge on any atom is 0.323 e. The lowest BCUT2D eigenvalue weighted by Gasteiger charge is -2.24. The van der Waals surface area contributed by atoms with Crippen molar-refractivity contribution >= 4 is 5.97 Å². The van der Waals surface area contributed by atoms with E-state index in [-0.39, 0.29) is 18.1 Å². The number of nitrogens with two attached hydrogens (primary N) is 1. The Morgan fingerprint density at radius 1 is 1.38 bits per heavy atom. The van der Waals surface area contributed by atoms with Gasteiger partial charge in [0.1, 0.15) is 11.6 Å². The number of ether oxygens (including phenoxy) is 1. The maximum atomic E-state index is 12.0. The normalized spacial score (nSPS) is 38.5. The minimum Gasteiger partial charge on any atom is -0.459 e. The van der Waals surface area contributed by atoms with Crippen LogP contribution in [0, 0.1) is 11.8 Å². The third-order valence-electron chi connectivity index (χ3n) is 3.47. The smallest absolute Gasteiger partial charge is 0.323 e. The van der Waals surface area contributed by atoms with Gasteiger partial charge in [0.2, 0.25) is 0 Å². The summed E-state index contributed by atoms with van der Waals surface area (Å²) in [6, 6.07) is 0.125. The van der Waals surface area contributed by atoms with Crippen molar-refractivity contribution in [2.45, 2.75) is 51.3 Å². The molecule has 2 fully saturated rings. The molecule has 3 N–H and O–H groups in total. The fourth-order valence-electron chi connectivity index (χ4n) is 2.90. The number of esters is 1. The largest absolute Gasteiger partial charge is 0.459 e. The highest BCUT2D eigenvalue weighted by molar-refractivity contribution is 5.77. The molecule has 2 rings (SSSR count). The third kappa shape index (κ3) is 2.38. The Bertz CT molecular complexity index is 285. The minimum absolute atomic E-state index is 0.117. The van der Waals surface area contributed by atoms with Crippen LogP contribution in [0.15, 0.2) is 0 Å². The second kappa shape index (κ2) is 4.00. The Hall–Kier alpha value is -0.610. The molecule has 4 heteroatoms. The van der Waals surface area contributed by atoms with Gasteiger partial charge in [-0.2, -0.15) is 0 Å². The summed E-state index contributed by atoms with van der Waals surface area (Å²) in [6.07, 6.45) is 1.98. The van der Waals surface area contributed by atoms with Crippen LogP contribution in [-0.2, 0) is 9.53 Å². The lowest BCUT2D eigenvalue weighted by atomic mass is 9.94. The summed E-state index contributed by atoms with van der Waals surface area (Å²) in [4.78, 5) is 12.0. The van der Waals surface area contributed by atoms with Gasteiger partial charge in [0.25, 0.3) is 0 Å². The van der Waals surface area contributed by atoms with Crippen LogP contribution in [0.4, 0.5) is 0 Å². The molecule has 4 nitrogen and oxygen atoms in total. The van der Waals surface area contributed by atoms with Crippen LogP contribution in [0.5, 0.6) is 0 Å². The molecule has 1 heterocycles. The van der Waals surface area contributed by atoms with Crippen LogP contribution in [0.2, 0.25) is 0 Å². The molecule has 0 aromatic heterocycles. The molecule has 0 radical (unpaired) electrons. The first-order valence-corrected chi connectivity index (χ1v) is 6.08. The van der Waals surface area contributed by atoms with E-state index in [0.29, 0.717) is 11.8 Å². The monoisotopic (exact) mass is 226 g/mol. The van der Waals surface area contributed by atoms with Crippen molar-refractivity contribution in [2.24, 2.45) is 17.6 Å². The summed E-state index contributed by atoms with van der Waals surface area (Å²) in [6.45, 7) is 6.61. The van der Waals surface area contributed by atoms with Gasteiger partial charge in [-0.3, -0.25) is 4.79 Å². The average Bonchev–Trinajstić information content (AvgIpc) is 2.58. The number of hydrogen-bond acceptors (Lipinski definition) is 4. The van der Waals surface area contributed by atoms with Crippen LogP contribution in [-0.4, -0.2) is 30.2 Å². The van der Waals surface area contributed by atoms with Crippen molar-refractivity contribution in [3.63, 3.8) is 0 Å². The molecule has 1 saturated heterocycles. The average molecular weight is 226 g/mol. The first kappa shape index (κ1) is 11.9. The minimum atomic E-state index is -0.405. The van der Waals surface area contributed by atoms with E-state index in [1.807, 2.05) is 20.8 Å². The molecule has 2 aliphatic rings. The molecule has 1 aliphatic heterocycles. The highest BCUT2D eigenvalue weighted by Crippen LogP contribution is 2.37. The topological polar surface area (TPSA) is 64.3 Å². The lowest BCUT2D eigenvalue weighted by molar-refractivity contribution is -0.158.